The molecular formula is C30H41ClN6O2S. The van der Waals surface area contributed by atoms with Crippen LogP contribution in [0.1, 0.15) is 56.8 Å². The zero-order chi connectivity index (χ0) is 28.5. The summed E-state index contributed by atoms with van der Waals surface area (Å²) in [7, 11) is 1.98. The standard InChI is InChI=1S/C30H41ClN6O2S/c1-20(2)40-37(4)29-14-23(13-28(36-29)34-16-24-12-21(24)3)30(38)35-26(9-11-32-10-5-6-22-7-8-22)19-39-27-15-25(31)17-33-18-27/h13-15,17-18,20-22,24,26,32H,7-12,16,19H2,1-4H3,(H,34,36)(H,35,38)/t21-,24+,26+/m0/s1. The molecule has 0 aliphatic heterocycles. The highest BCUT2D eigenvalue weighted by Crippen LogP contribution is 2.37. The molecule has 2 aromatic heterocycles. The van der Waals surface area contributed by atoms with E-state index < -0.39 is 0 Å². The van der Waals surface area contributed by atoms with Gasteiger partial charge in [-0.25, -0.2) is 4.98 Å². The smallest absolute Gasteiger partial charge is 0.251 e. The predicted molar refractivity (Wildman–Crippen MR) is 165 cm³/mol. The number of pyridine rings is 2. The lowest BCUT2D eigenvalue weighted by Gasteiger charge is -2.22. The van der Waals surface area contributed by atoms with Crippen LogP contribution in [0.3, 0.4) is 0 Å². The summed E-state index contributed by atoms with van der Waals surface area (Å²) < 4.78 is 7.98. The van der Waals surface area contributed by atoms with Gasteiger partial charge >= 0.3 is 0 Å². The van der Waals surface area contributed by atoms with E-state index in [9.17, 15) is 4.79 Å². The Labute approximate surface area is 247 Å². The normalized spacial score (nSPS) is 18.4. The fourth-order valence-corrected chi connectivity index (χ4v) is 5.17. The second-order valence-corrected chi connectivity index (χ2v) is 13.1. The van der Waals surface area contributed by atoms with Gasteiger partial charge in [0.1, 0.15) is 24.0 Å². The Bertz CT molecular complexity index is 1200. The van der Waals surface area contributed by atoms with Crippen LogP contribution >= 0.6 is 23.5 Å². The molecule has 216 valence electrons. The number of hydrogen-bond acceptors (Lipinski definition) is 8. The van der Waals surface area contributed by atoms with E-state index in [1.807, 2.05) is 23.5 Å². The molecule has 4 rings (SSSR count). The molecule has 2 aromatic rings. The summed E-state index contributed by atoms with van der Waals surface area (Å²) >= 11 is 7.75. The third-order valence-electron chi connectivity index (χ3n) is 6.82. The molecule has 2 aliphatic carbocycles. The molecule has 2 saturated carbocycles. The number of rotatable bonds is 15. The van der Waals surface area contributed by atoms with Crippen LogP contribution in [0.2, 0.25) is 5.02 Å². The van der Waals surface area contributed by atoms with Gasteiger partial charge in [0.2, 0.25) is 0 Å². The van der Waals surface area contributed by atoms with Crippen LogP contribution in [0.15, 0.2) is 30.6 Å². The Hall–Kier alpha value is -2.67. The molecular weight excluding hydrogens is 544 g/mol. The maximum atomic E-state index is 13.6. The summed E-state index contributed by atoms with van der Waals surface area (Å²) in [5, 5.41) is 10.9. The fraction of sp³-hybridized carbons (Fsp3) is 0.567. The molecule has 8 nitrogen and oxygen atoms in total. The van der Waals surface area contributed by atoms with Crippen molar-refractivity contribution in [1.29, 1.82) is 0 Å². The van der Waals surface area contributed by atoms with Gasteiger partial charge in [-0.2, -0.15) is 0 Å². The molecule has 2 aliphatic rings. The van der Waals surface area contributed by atoms with Crippen LogP contribution < -0.4 is 25.0 Å². The second kappa shape index (κ2) is 14.8. The SMILES string of the molecule is CC(C)SN(C)c1cc(C(=O)N[C@H](CCNCC#CC2CC2)COc2cncc(Cl)c2)cc(NC[C@H]2C[C@@H]2C)n1. The number of nitrogens with one attached hydrogen (secondary N) is 3. The van der Waals surface area contributed by atoms with E-state index in [0.29, 0.717) is 58.7 Å². The molecule has 0 unspecified atom stereocenters. The van der Waals surface area contributed by atoms with Crippen molar-refractivity contribution in [3.8, 4) is 17.6 Å². The highest BCUT2D eigenvalue weighted by molar-refractivity contribution is 8.01. The van der Waals surface area contributed by atoms with E-state index in [1.165, 1.54) is 19.3 Å². The van der Waals surface area contributed by atoms with E-state index in [-0.39, 0.29) is 18.6 Å². The summed E-state index contributed by atoms with van der Waals surface area (Å²) in [6, 6.07) is 5.16. The molecule has 2 fully saturated rings. The van der Waals surface area contributed by atoms with Gasteiger partial charge in [0.05, 0.1) is 23.8 Å². The topological polar surface area (TPSA) is 91.4 Å². The average Bonchev–Trinajstić information content (AvgIpc) is 3.85. The van der Waals surface area contributed by atoms with Gasteiger partial charge in [-0.3, -0.25) is 9.78 Å². The number of anilines is 2. The van der Waals surface area contributed by atoms with Gasteiger partial charge in [0, 0.05) is 42.6 Å². The maximum absolute atomic E-state index is 13.6. The summed E-state index contributed by atoms with van der Waals surface area (Å²) in [6.45, 7) is 9.02. The molecule has 2 heterocycles. The number of halogens is 1. The molecule has 0 spiro atoms. The highest BCUT2D eigenvalue weighted by Gasteiger charge is 2.32. The van der Waals surface area contributed by atoms with Gasteiger partial charge < -0.3 is 25.0 Å². The minimum Gasteiger partial charge on any atom is -0.490 e. The number of ether oxygens (including phenoxy) is 1. The van der Waals surface area contributed by atoms with Crippen LogP contribution in [0.5, 0.6) is 5.75 Å². The first-order valence-corrected chi connectivity index (χ1v) is 15.4. The Kier molecular flexibility index (Phi) is 11.2. The molecule has 40 heavy (non-hydrogen) atoms. The van der Waals surface area contributed by atoms with Gasteiger partial charge in [-0.05, 0) is 68.1 Å². The number of hydrogen-bond donors (Lipinski definition) is 3. The number of carbonyl (C=O) groups is 1. The average molecular weight is 585 g/mol. The Morgan fingerprint density at radius 2 is 2.08 bits per heavy atom. The molecule has 0 radical (unpaired) electrons. The van der Waals surface area contributed by atoms with E-state index in [0.717, 1.165) is 18.3 Å². The predicted octanol–water partition coefficient (Wildman–Crippen LogP) is 5.26. The monoisotopic (exact) mass is 584 g/mol. The summed E-state index contributed by atoms with van der Waals surface area (Å²) in [6.07, 6.45) is 7.52. The van der Waals surface area contributed by atoms with Crippen molar-refractivity contribution in [3.05, 3.63) is 41.2 Å². The molecule has 0 saturated heterocycles. The van der Waals surface area contributed by atoms with Crippen molar-refractivity contribution in [2.75, 3.05) is 42.9 Å². The van der Waals surface area contributed by atoms with Gasteiger partial charge in [-0.15, -0.1) is 0 Å². The van der Waals surface area contributed by atoms with E-state index in [1.54, 1.807) is 30.4 Å². The number of aromatic nitrogens is 2. The molecule has 0 aromatic carbocycles. The lowest BCUT2D eigenvalue weighted by molar-refractivity contribution is 0.0918. The quantitative estimate of drug-likeness (QED) is 0.148. The number of carbonyl (C=O) groups excluding carboxylic acids is 1. The lowest BCUT2D eigenvalue weighted by atomic mass is 10.1. The first kappa shape index (κ1) is 30.3. The lowest BCUT2D eigenvalue weighted by Crippen LogP contribution is -2.41. The van der Waals surface area contributed by atoms with Crippen LogP contribution in [0.4, 0.5) is 11.6 Å². The zero-order valence-corrected chi connectivity index (χ0v) is 25.4. The zero-order valence-electron chi connectivity index (χ0n) is 23.9. The summed E-state index contributed by atoms with van der Waals surface area (Å²) in [5.74, 6) is 10.3. The van der Waals surface area contributed by atoms with Crippen LogP contribution in [-0.2, 0) is 0 Å². The van der Waals surface area contributed by atoms with Crippen molar-refractivity contribution in [1.82, 2.24) is 20.6 Å². The molecule has 0 bridgehead atoms. The minimum atomic E-state index is -0.238. The van der Waals surface area contributed by atoms with Crippen molar-refractivity contribution >= 4 is 41.1 Å². The van der Waals surface area contributed by atoms with E-state index in [2.05, 4.69) is 53.5 Å². The van der Waals surface area contributed by atoms with Crippen molar-refractivity contribution < 1.29 is 9.53 Å². The van der Waals surface area contributed by atoms with Gasteiger partial charge in [0.15, 0.2) is 0 Å². The third-order valence-corrected chi connectivity index (χ3v) is 7.95. The Morgan fingerprint density at radius 1 is 1.27 bits per heavy atom. The van der Waals surface area contributed by atoms with Gasteiger partial charge in [0.25, 0.3) is 5.91 Å². The van der Waals surface area contributed by atoms with Crippen LogP contribution in [0.25, 0.3) is 0 Å². The first-order chi connectivity index (χ1) is 19.3. The summed E-state index contributed by atoms with van der Waals surface area (Å²) in [4.78, 5) is 22.5. The van der Waals surface area contributed by atoms with Gasteiger partial charge in [-0.1, -0.05) is 44.2 Å². The van der Waals surface area contributed by atoms with E-state index in [4.69, 9.17) is 21.3 Å². The Balaban J connectivity index is 1.43. The minimum absolute atomic E-state index is 0.166. The number of nitrogens with zero attached hydrogens (tertiary/aromatic N) is 3. The summed E-state index contributed by atoms with van der Waals surface area (Å²) in [5.41, 5.74) is 0.560. The molecule has 3 N–H and O–H groups in total. The largest absolute Gasteiger partial charge is 0.490 e. The van der Waals surface area contributed by atoms with Crippen LogP contribution in [-0.4, -0.2) is 60.5 Å². The van der Waals surface area contributed by atoms with Crippen molar-refractivity contribution in [2.24, 2.45) is 17.8 Å². The van der Waals surface area contributed by atoms with Crippen molar-refractivity contribution in [2.45, 2.75) is 57.7 Å². The molecule has 3 atom stereocenters. The highest BCUT2D eigenvalue weighted by atomic mass is 35.5. The molecule has 10 heteroatoms. The second-order valence-electron chi connectivity index (χ2n) is 11.0. The fourth-order valence-electron chi connectivity index (χ4n) is 4.17. The maximum Gasteiger partial charge on any atom is 0.251 e. The molecule has 1 amide bonds. The third kappa shape index (κ3) is 10.4. The number of amides is 1. The first-order valence-electron chi connectivity index (χ1n) is 14.2. The van der Waals surface area contributed by atoms with Crippen LogP contribution in [0, 0.1) is 29.6 Å². The van der Waals surface area contributed by atoms with E-state index >= 15 is 0 Å². The Morgan fingerprint density at radius 3 is 2.77 bits per heavy atom. The van der Waals surface area contributed by atoms with Crippen molar-refractivity contribution in [3.63, 3.8) is 0 Å².